The molecule has 0 spiro atoms. The van der Waals surface area contributed by atoms with Crippen LogP contribution in [0.3, 0.4) is 0 Å². The van der Waals surface area contributed by atoms with Crippen LogP contribution in [0.2, 0.25) is 0 Å². The SMILES string of the molecule is COC(=O)c1ccc(N2CCN(c3cnn(C)c3)CC2)nc1OC. The average molecular weight is 331 g/mol. The van der Waals surface area contributed by atoms with Crippen LogP contribution < -0.4 is 14.5 Å². The highest BCUT2D eigenvalue weighted by atomic mass is 16.5. The minimum absolute atomic E-state index is 0.286. The number of methoxy groups -OCH3 is 2. The van der Waals surface area contributed by atoms with Crippen molar-refractivity contribution in [3.8, 4) is 5.88 Å². The summed E-state index contributed by atoms with van der Waals surface area (Å²) in [6.07, 6.45) is 3.89. The van der Waals surface area contributed by atoms with Crippen LogP contribution in [0.1, 0.15) is 10.4 Å². The van der Waals surface area contributed by atoms with Crippen molar-refractivity contribution in [3.05, 3.63) is 30.1 Å². The normalized spacial score (nSPS) is 14.6. The zero-order valence-electron chi connectivity index (χ0n) is 14.1. The van der Waals surface area contributed by atoms with Gasteiger partial charge < -0.3 is 19.3 Å². The van der Waals surface area contributed by atoms with Gasteiger partial charge in [-0.15, -0.1) is 0 Å². The van der Waals surface area contributed by atoms with Gasteiger partial charge in [0.25, 0.3) is 0 Å². The second kappa shape index (κ2) is 6.77. The third-order valence-electron chi connectivity index (χ3n) is 4.10. The molecule has 24 heavy (non-hydrogen) atoms. The monoisotopic (exact) mass is 331 g/mol. The molecule has 0 radical (unpaired) electrons. The summed E-state index contributed by atoms with van der Waals surface area (Å²) in [5.74, 6) is 0.631. The molecule has 0 N–H and O–H groups in total. The summed E-state index contributed by atoms with van der Waals surface area (Å²) < 4.78 is 11.8. The van der Waals surface area contributed by atoms with Crippen molar-refractivity contribution in [2.45, 2.75) is 0 Å². The molecule has 0 bridgehead atoms. The minimum atomic E-state index is -0.452. The van der Waals surface area contributed by atoms with Crippen LogP contribution in [0, 0.1) is 0 Å². The molecule has 1 fully saturated rings. The molecule has 8 nitrogen and oxygen atoms in total. The average Bonchev–Trinajstić information content (AvgIpc) is 3.07. The Morgan fingerprint density at radius 1 is 1.12 bits per heavy atom. The number of esters is 1. The smallest absolute Gasteiger partial charge is 0.343 e. The molecular weight excluding hydrogens is 310 g/mol. The van der Waals surface area contributed by atoms with Gasteiger partial charge in [0.15, 0.2) is 0 Å². The van der Waals surface area contributed by atoms with Gasteiger partial charge >= 0.3 is 5.97 Å². The van der Waals surface area contributed by atoms with Crippen molar-refractivity contribution < 1.29 is 14.3 Å². The molecule has 0 amide bonds. The first-order valence-electron chi connectivity index (χ1n) is 7.74. The highest BCUT2D eigenvalue weighted by Crippen LogP contribution is 2.23. The molecule has 0 aliphatic carbocycles. The summed E-state index contributed by atoms with van der Waals surface area (Å²) in [6, 6.07) is 3.52. The lowest BCUT2D eigenvalue weighted by Crippen LogP contribution is -2.46. The molecular formula is C16H21N5O3. The number of carbonyl (C=O) groups is 1. The maximum Gasteiger partial charge on any atom is 0.343 e. The van der Waals surface area contributed by atoms with Crippen molar-refractivity contribution in [1.82, 2.24) is 14.8 Å². The van der Waals surface area contributed by atoms with Crippen LogP contribution in [-0.2, 0) is 11.8 Å². The fourth-order valence-corrected chi connectivity index (χ4v) is 2.79. The molecule has 1 aliphatic rings. The second-order valence-electron chi connectivity index (χ2n) is 5.56. The molecule has 3 heterocycles. The quantitative estimate of drug-likeness (QED) is 0.772. The molecule has 8 heteroatoms. The number of anilines is 2. The summed E-state index contributed by atoms with van der Waals surface area (Å²) >= 11 is 0. The maximum atomic E-state index is 11.7. The van der Waals surface area contributed by atoms with E-state index in [1.807, 2.05) is 25.5 Å². The van der Waals surface area contributed by atoms with Gasteiger partial charge in [0, 0.05) is 39.4 Å². The van der Waals surface area contributed by atoms with E-state index in [1.54, 1.807) is 10.7 Å². The maximum absolute atomic E-state index is 11.7. The first-order valence-corrected chi connectivity index (χ1v) is 7.74. The Kier molecular flexibility index (Phi) is 4.54. The van der Waals surface area contributed by atoms with E-state index in [4.69, 9.17) is 9.47 Å². The lowest BCUT2D eigenvalue weighted by atomic mass is 10.2. The van der Waals surface area contributed by atoms with E-state index in [9.17, 15) is 4.79 Å². The molecule has 128 valence electrons. The molecule has 0 atom stereocenters. The Labute approximate surface area is 140 Å². The van der Waals surface area contributed by atoms with Gasteiger partial charge in [-0.1, -0.05) is 0 Å². The van der Waals surface area contributed by atoms with Gasteiger partial charge in [0.1, 0.15) is 11.4 Å². The second-order valence-corrected chi connectivity index (χ2v) is 5.56. The van der Waals surface area contributed by atoms with Crippen molar-refractivity contribution in [2.75, 3.05) is 50.2 Å². The Morgan fingerprint density at radius 2 is 1.83 bits per heavy atom. The van der Waals surface area contributed by atoms with Gasteiger partial charge in [-0.2, -0.15) is 10.1 Å². The van der Waals surface area contributed by atoms with Crippen molar-refractivity contribution >= 4 is 17.5 Å². The predicted molar refractivity (Wildman–Crippen MR) is 89.8 cm³/mol. The lowest BCUT2D eigenvalue weighted by Gasteiger charge is -2.36. The Morgan fingerprint density at radius 3 is 2.42 bits per heavy atom. The molecule has 0 unspecified atom stereocenters. The highest BCUT2D eigenvalue weighted by Gasteiger charge is 2.21. The number of hydrogen-bond donors (Lipinski definition) is 0. The van der Waals surface area contributed by atoms with Crippen molar-refractivity contribution in [1.29, 1.82) is 0 Å². The number of hydrogen-bond acceptors (Lipinski definition) is 7. The summed E-state index contributed by atoms with van der Waals surface area (Å²) in [5.41, 5.74) is 1.46. The predicted octanol–water partition coefficient (Wildman–Crippen LogP) is 0.937. The molecule has 3 rings (SSSR count). The van der Waals surface area contributed by atoms with Gasteiger partial charge in [-0.05, 0) is 12.1 Å². The Bertz CT molecular complexity index is 722. The van der Waals surface area contributed by atoms with Crippen LogP contribution in [0.15, 0.2) is 24.5 Å². The van der Waals surface area contributed by atoms with Gasteiger partial charge in [-0.3, -0.25) is 4.68 Å². The number of rotatable bonds is 4. The zero-order chi connectivity index (χ0) is 17.1. The molecule has 0 aromatic carbocycles. The molecule has 2 aromatic heterocycles. The third kappa shape index (κ3) is 3.12. The van der Waals surface area contributed by atoms with E-state index in [1.165, 1.54) is 14.2 Å². The summed E-state index contributed by atoms with van der Waals surface area (Å²) in [7, 11) is 4.76. The Balaban J connectivity index is 1.71. The number of pyridine rings is 1. The lowest BCUT2D eigenvalue weighted by molar-refractivity contribution is 0.0596. The summed E-state index contributed by atoms with van der Waals surface area (Å²) in [6.45, 7) is 3.44. The molecule has 1 aliphatic heterocycles. The minimum Gasteiger partial charge on any atom is -0.480 e. The van der Waals surface area contributed by atoms with Crippen molar-refractivity contribution in [3.63, 3.8) is 0 Å². The first-order chi connectivity index (χ1) is 11.6. The summed E-state index contributed by atoms with van der Waals surface area (Å²) in [5, 5.41) is 4.21. The van der Waals surface area contributed by atoms with E-state index >= 15 is 0 Å². The Hall–Kier alpha value is -2.77. The fraction of sp³-hybridized carbons (Fsp3) is 0.438. The molecule has 2 aromatic rings. The molecule has 0 saturated carbocycles. The zero-order valence-corrected chi connectivity index (χ0v) is 14.1. The van der Waals surface area contributed by atoms with E-state index in [-0.39, 0.29) is 5.88 Å². The van der Waals surface area contributed by atoms with Gasteiger partial charge in [0.2, 0.25) is 5.88 Å². The number of ether oxygens (including phenoxy) is 2. The summed E-state index contributed by atoms with van der Waals surface area (Å²) in [4.78, 5) is 20.6. The van der Waals surface area contributed by atoms with E-state index in [2.05, 4.69) is 19.9 Å². The van der Waals surface area contributed by atoms with Crippen molar-refractivity contribution in [2.24, 2.45) is 7.05 Å². The number of aromatic nitrogens is 3. The number of aryl methyl sites for hydroxylation is 1. The number of piperazine rings is 1. The van der Waals surface area contributed by atoms with E-state index in [0.717, 1.165) is 37.7 Å². The molecule has 1 saturated heterocycles. The van der Waals surface area contributed by atoms with Crippen LogP contribution in [-0.4, -0.2) is 61.1 Å². The fourth-order valence-electron chi connectivity index (χ4n) is 2.79. The van der Waals surface area contributed by atoms with Crippen LogP contribution in [0.4, 0.5) is 11.5 Å². The largest absolute Gasteiger partial charge is 0.480 e. The number of carbonyl (C=O) groups excluding carboxylic acids is 1. The van der Waals surface area contributed by atoms with E-state index < -0.39 is 5.97 Å². The highest BCUT2D eigenvalue weighted by molar-refractivity contribution is 5.92. The van der Waals surface area contributed by atoms with E-state index in [0.29, 0.717) is 5.56 Å². The third-order valence-corrected chi connectivity index (χ3v) is 4.10. The standard InChI is InChI=1S/C16H21N5O3/c1-19-11-12(10-17-19)20-6-8-21(9-7-20)14-5-4-13(16(22)24-3)15(18-14)23-2/h4-5,10-11H,6-9H2,1-3H3. The van der Waals surface area contributed by atoms with Gasteiger partial charge in [-0.25, -0.2) is 4.79 Å². The van der Waals surface area contributed by atoms with Crippen LogP contribution in [0.25, 0.3) is 0 Å². The van der Waals surface area contributed by atoms with Crippen LogP contribution >= 0.6 is 0 Å². The topological polar surface area (TPSA) is 72.7 Å². The van der Waals surface area contributed by atoms with Gasteiger partial charge in [0.05, 0.1) is 26.1 Å². The van der Waals surface area contributed by atoms with Crippen LogP contribution in [0.5, 0.6) is 5.88 Å². The number of nitrogens with zero attached hydrogens (tertiary/aromatic N) is 5. The first kappa shape index (κ1) is 16.1.